The van der Waals surface area contributed by atoms with E-state index in [0.29, 0.717) is 0 Å². The summed E-state index contributed by atoms with van der Waals surface area (Å²) in [5, 5.41) is 4.24. The maximum absolute atomic E-state index is 5.91. The fraction of sp³-hybridized carbons (Fsp3) is 0.294. The van der Waals surface area contributed by atoms with Crippen LogP contribution in [0.5, 0.6) is 0 Å². The van der Waals surface area contributed by atoms with Crippen molar-refractivity contribution >= 4 is 23.0 Å². The van der Waals surface area contributed by atoms with Gasteiger partial charge in [0.25, 0.3) is 0 Å². The summed E-state index contributed by atoms with van der Waals surface area (Å²) in [6.07, 6.45) is 2.61. The van der Waals surface area contributed by atoms with Crippen molar-refractivity contribution in [2.24, 2.45) is 0 Å². The van der Waals surface area contributed by atoms with Gasteiger partial charge in [0.1, 0.15) is 0 Å². The largest absolute Gasteiger partial charge is 0.381 e. The van der Waals surface area contributed by atoms with Crippen LogP contribution >= 0.6 is 11.6 Å². The average molecular weight is 287 g/mol. The molecule has 0 atom stereocenters. The molecule has 2 aromatic rings. The lowest BCUT2D eigenvalue weighted by molar-refractivity contribution is 0.949. The van der Waals surface area contributed by atoms with Crippen molar-refractivity contribution in [1.82, 2.24) is 0 Å². The lowest BCUT2D eigenvalue weighted by Crippen LogP contribution is -2.19. The quantitative estimate of drug-likeness (QED) is 0.887. The average Bonchev–Trinajstić information content (AvgIpc) is 3.01. The monoisotopic (exact) mass is 286 g/mol. The highest BCUT2D eigenvalue weighted by molar-refractivity contribution is 6.30. The second-order valence-electron chi connectivity index (χ2n) is 5.18. The van der Waals surface area contributed by atoms with Gasteiger partial charge in [-0.25, -0.2) is 0 Å². The summed E-state index contributed by atoms with van der Waals surface area (Å²) in [6.45, 7) is 3.20. The van der Waals surface area contributed by atoms with Crippen molar-refractivity contribution in [2.75, 3.05) is 23.3 Å². The van der Waals surface area contributed by atoms with Crippen LogP contribution in [-0.4, -0.2) is 13.1 Å². The molecular formula is C17H19ClN2. The first-order valence-corrected chi connectivity index (χ1v) is 7.53. The third-order valence-electron chi connectivity index (χ3n) is 3.77. The molecule has 1 N–H and O–H groups in total. The van der Waals surface area contributed by atoms with Crippen LogP contribution in [0.4, 0.5) is 11.4 Å². The van der Waals surface area contributed by atoms with E-state index in [9.17, 15) is 0 Å². The summed E-state index contributed by atoms with van der Waals surface area (Å²) >= 11 is 5.91. The van der Waals surface area contributed by atoms with Gasteiger partial charge in [0.05, 0.1) is 0 Å². The van der Waals surface area contributed by atoms with Gasteiger partial charge in [-0.3, -0.25) is 0 Å². The van der Waals surface area contributed by atoms with Gasteiger partial charge in [0, 0.05) is 36.0 Å². The minimum absolute atomic E-state index is 0.771. The number of nitrogens with one attached hydrogen (secondary N) is 1. The number of halogens is 1. The third kappa shape index (κ3) is 3.07. The van der Waals surface area contributed by atoms with Crippen LogP contribution in [0.2, 0.25) is 5.02 Å². The van der Waals surface area contributed by atoms with E-state index in [1.165, 1.54) is 37.2 Å². The van der Waals surface area contributed by atoms with Gasteiger partial charge in [-0.1, -0.05) is 29.8 Å². The number of benzene rings is 2. The van der Waals surface area contributed by atoms with Crippen LogP contribution in [0.3, 0.4) is 0 Å². The normalized spacial score (nSPS) is 14.6. The highest BCUT2D eigenvalue weighted by atomic mass is 35.5. The molecule has 104 valence electrons. The zero-order valence-electron chi connectivity index (χ0n) is 11.5. The van der Waals surface area contributed by atoms with E-state index >= 15 is 0 Å². The fourth-order valence-corrected chi connectivity index (χ4v) is 2.82. The Balaban J connectivity index is 1.72. The molecule has 2 aromatic carbocycles. The first-order valence-electron chi connectivity index (χ1n) is 7.15. The molecule has 20 heavy (non-hydrogen) atoms. The molecule has 0 amide bonds. The van der Waals surface area contributed by atoms with Gasteiger partial charge in [-0.05, 0) is 48.7 Å². The van der Waals surface area contributed by atoms with Crippen molar-refractivity contribution in [3.05, 3.63) is 59.1 Å². The van der Waals surface area contributed by atoms with E-state index in [2.05, 4.69) is 34.5 Å². The second kappa shape index (κ2) is 6.19. The standard InChI is InChI=1S/C17H19ClN2/c18-15-7-9-16(10-8-15)19-13-14-5-1-2-6-17(14)20-11-3-4-12-20/h1-2,5-10,19H,3-4,11-13H2. The molecule has 1 fully saturated rings. The van der Waals surface area contributed by atoms with Crippen LogP contribution < -0.4 is 10.2 Å². The molecule has 1 aliphatic rings. The van der Waals surface area contributed by atoms with E-state index in [4.69, 9.17) is 11.6 Å². The molecule has 3 rings (SSSR count). The van der Waals surface area contributed by atoms with Crippen molar-refractivity contribution in [1.29, 1.82) is 0 Å². The Morgan fingerprint density at radius 3 is 2.40 bits per heavy atom. The lowest BCUT2D eigenvalue weighted by Gasteiger charge is -2.21. The van der Waals surface area contributed by atoms with Crippen LogP contribution in [0.25, 0.3) is 0 Å². The zero-order valence-corrected chi connectivity index (χ0v) is 12.2. The van der Waals surface area contributed by atoms with Gasteiger partial charge < -0.3 is 10.2 Å². The number of anilines is 2. The predicted molar refractivity (Wildman–Crippen MR) is 86.7 cm³/mol. The van der Waals surface area contributed by atoms with Crippen LogP contribution in [0.15, 0.2) is 48.5 Å². The third-order valence-corrected chi connectivity index (χ3v) is 4.02. The summed E-state index contributed by atoms with van der Waals surface area (Å²) in [4.78, 5) is 2.48. The predicted octanol–water partition coefficient (Wildman–Crippen LogP) is 4.55. The minimum atomic E-state index is 0.771. The molecule has 0 saturated carbocycles. The first kappa shape index (κ1) is 13.3. The van der Waals surface area contributed by atoms with Gasteiger partial charge in [0.15, 0.2) is 0 Å². The molecule has 0 aliphatic carbocycles. The van der Waals surface area contributed by atoms with Crippen molar-refractivity contribution in [3.8, 4) is 0 Å². The molecule has 3 heteroatoms. The first-order chi connectivity index (χ1) is 9.83. The van der Waals surface area contributed by atoms with Crippen LogP contribution in [0.1, 0.15) is 18.4 Å². The number of rotatable bonds is 4. The summed E-state index contributed by atoms with van der Waals surface area (Å²) in [7, 11) is 0. The maximum atomic E-state index is 5.91. The Bertz CT molecular complexity index is 559. The van der Waals surface area contributed by atoms with Gasteiger partial charge in [-0.15, -0.1) is 0 Å². The Hall–Kier alpha value is -1.67. The molecule has 2 nitrogen and oxygen atoms in total. The van der Waals surface area contributed by atoms with Gasteiger partial charge >= 0.3 is 0 Å². The van der Waals surface area contributed by atoms with E-state index in [0.717, 1.165) is 17.3 Å². The van der Waals surface area contributed by atoms with Crippen molar-refractivity contribution < 1.29 is 0 Å². The van der Waals surface area contributed by atoms with Crippen LogP contribution in [0, 0.1) is 0 Å². The topological polar surface area (TPSA) is 15.3 Å². The van der Waals surface area contributed by atoms with Gasteiger partial charge in [0.2, 0.25) is 0 Å². The van der Waals surface area contributed by atoms with Crippen molar-refractivity contribution in [3.63, 3.8) is 0 Å². The zero-order chi connectivity index (χ0) is 13.8. The number of hydrogen-bond donors (Lipinski definition) is 1. The second-order valence-corrected chi connectivity index (χ2v) is 5.62. The van der Waals surface area contributed by atoms with E-state index in [-0.39, 0.29) is 0 Å². The SMILES string of the molecule is Clc1ccc(NCc2ccccc2N2CCCC2)cc1. The Morgan fingerprint density at radius 2 is 1.65 bits per heavy atom. The molecule has 0 aromatic heterocycles. The van der Waals surface area contributed by atoms with Crippen molar-refractivity contribution in [2.45, 2.75) is 19.4 Å². The summed E-state index contributed by atoms with van der Waals surface area (Å²) < 4.78 is 0. The molecule has 1 saturated heterocycles. The summed E-state index contributed by atoms with van der Waals surface area (Å²) in [5.41, 5.74) is 3.82. The Kier molecular flexibility index (Phi) is 4.12. The Morgan fingerprint density at radius 1 is 0.950 bits per heavy atom. The molecule has 0 radical (unpaired) electrons. The molecule has 0 bridgehead atoms. The molecule has 1 heterocycles. The number of para-hydroxylation sites is 1. The maximum Gasteiger partial charge on any atom is 0.0421 e. The van der Waals surface area contributed by atoms with Crippen LogP contribution in [-0.2, 0) is 6.54 Å². The van der Waals surface area contributed by atoms with E-state index < -0.39 is 0 Å². The molecule has 1 aliphatic heterocycles. The fourth-order valence-electron chi connectivity index (χ4n) is 2.69. The molecule has 0 unspecified atom stereocenters. The van der Waals surface area contributed by atoms with Gasteiger partial charge in [-0.2, -0.15) is 0 Å². The highest BCUT2D eigenvalue weighted by Gasteiger charge is 2.14. The van der Waals surface area contributed by atoms with E-state index in [1.807, 2.05) is 24.3 Å². The minimum Gasteiger partial charge on any atom is -0.381 e. The van der Waals surface area contributed by atoms with E-state index in [1.54, 1.807) is 0 Å². The number of nitrogens with zero attached hydrogens (tertiary/aromatic N) is 1. The number of hydrogen-bond acceptors (Lipinski definition) is 2. The highest BCUT2D eigenvalue weighted by Crippen LogP contribution is 2.25. The lowest BCUT2D eigenvalue weighted by atomic mass is 10.1. The smallest absolute Gasteiger partial charge is 0.0421 e. The molecule has 0 spiro atoms. The molecular weight excluding hydrogens is 268 g/mol. The summed E-state index contributed by atoms with van der Waals surface area (Å²) in [5.74, 6) is 0. The Labute approximate surface area is 125 Å². The summed E-state index contributed by atoms with van der Waals surface area (Å²) in [6, 6.07) is 16.5.